The largest absolute Gasteiger partial charge is 0.464 e. The van der Waals surface area contributed by atoms with E-state index in [4.69, 9.17) is 4.42 Å². The number of nitrogens with one attached hydrogen (secondary N) is 1. The molecular formula is C27H26N4O3. The average molecular weight is 455 g/mol. The highest BCUT2D eigenvalue weighted by atomic mass is 16.3. The zero-order chi connectivity index (χ0) is 23.7. The molecule has 0 radical (unpaired) electrons. The van der Waals surface area contributed by atoms with Crippen LogP contribution in [0.4, 0.5) is 0 Å². The van der Waals surface area contributed by atoms with Gasteiger partial charge in [-0.25, -0.2) is 0 Å². The van der Waals surface area contributed by atoms with E-state index in [-0.39, 0.29) is 24.9 Å². The number of rotatable bonds is 6. The fourth-order valence-electron chi connectivity index (χ4n) is 4.33. The molecule has 3 heterocycles. The Labute approximate surface area is 198 Å². The van der Waals surface area contributed by atoms with Gasteiger partial charge in [0.05, 0.1) is 18.8 Å². The Bertz CT molecular complexity index is 1330. The number of fused-ring (bicyclic) bond motifs is 1. The molecule has 1 aliphatic heterocycles. The van der Waals surface area contributed by atoms with Gasteiger partial charge >= 0.3 is 0 Å². The van der Waals surface area contributed by atoms with Crippen molar-refractivity contribution in [2.75, 3.05) is 0 Å². The van der Waals surface area contributed by atoms with Gasteiger partial charge in [0.15, 0.2) is 0 Å². The SMILES string of the molecule is Cc1ccc(CN2C(=O)c3cc(-c4ccccc4)nn3CC2(C)C(=O)NCc2ccccc2)o1. The van der Waals surface area contributed by atoms with Crippen molar-refractivity contribution in [2.45, 2.75) is 39.0 Å². The molecule has 7 nitrogen and oxygen atoms in total. The van der Waals surface area contributed by atoms with Crippen molar-refractivity contribution in [3.8, 4) is 11.3 Å². The number of nitrogens with zero attached hydrogens (tertiary/aromatic N) is 3. The highest BCUT2D eigenvalue weighted by molar-refractivity contribution is 6.00. The number of amides is 2. The van der Waals surface area contributed by atoms with Crippen molar-refractivity contribution in [1.82, 2.24) is 20.0 Å². The molecule has 1 aliphatic rings. The molecule has 0 spiro atoms. The lowest BCUT2D eigenvalue weighted by Gasteiger charge is -2.42. The number of hydrogen-bond donors (Lipinski definition) is 1. The summed E-state index contributed by atoms with van der Waals surface area (Å²) in [6.07, 6.45) is 0. The first-order chi connectivity index (χ1) is 16.4. The lowest BCUT2D eigenvalue weighted by atomic mass is 9.94. The molecular weight excluding hydrogens is 428 g/mol. The Morgan fingerprint density at radius 2 is 1.76 bits per heavy atom. The van der Waals surface area contributed by atoms with Gasteiger partial charge in [0.1, 0.15) is 22.8 Å². The zero-order valence-electron chi connectivity index (χ0n) is 19.2. The Balaban J connectivity index is 1.49. The second kappa shape index (κ2) is 8.67. The molecule has 5 rings (SSSR count). The Kier molecular flexibility index (Phi) is 5.53. The fourth-order valence-corrected chi connectivity index (χ4v) is 4.33. The maximum absolute atomic E-state index is 13.7. The highest BCUT2D eigenvalue weighted by Gasteiger charge is 2.48. The van der Waals surface area contributed by atoms with Crippen molar-refractivity contribution >= 4 is 11.8 Å². The second-order valence-corrected chi connectivity index (χ2v) is 8.78. The van der Waals surface area contributed by atoms with Crippen LogP contribution in [0, 0.1) is 6.92 Å². The Morgan fingerprint density at radius 3 is 2.44 bits per heavy atom. The van der Waals surface area contributed by atoms with Crippen molar-refractivity contribution in [3.05, 3.63) is 102 Å². The molecule has 4 aromatic rings. The van der Waals surface area contributed by atoms with Crippen LogP contribution in [0.2, 0.25) is 0 Å². The maximum atomic E-state index is 13.7. The van der Waals surface area contributed by atoms with Crippen molar-refractivity contribution in [1.29, 1.82) is 0 Å². The molecule has 2 aromatic carbocycles. The summed E-state index contributed by atoms with van der Waals surface area (Å²) in [6.45, 7) is 4.44. The van der Waals surface area contributed by atoms with E-state index in [2.05, 4.69) is 10.4 Å². The van der Waals surface area contributed by atoms with Gasteiger partial charge < -0.3 is 14.6 Å². The summed E-state index contributed by atoms with van der Waals surface area (Å²) in [5.41, 5.74) is 1.91. The minimum Gasteiger partial charge on any atom is -0.464 e. The summed E-state index contributed by atoms with van der Waals surface area (Å²) in [5, 5.41) is 7.69. The third kappa shape index (κ3) is 4.01. The normalized spacial score (nSPS) is 17.5. The average Bonchev–Trinajstić information content (AvgIpc) is 3.47. The maximum Gasteiger partial charge on any atom is 0.273 e. The third-order valence-electron chi connectivity index (χ3n) is 6.26. The van der Waals surface area contributed by atoms with Gasteiger partial charge in [-0.3, -0.25) is 14.3 Å². The van der Waals surface area contributed by atoms with Crippen LogP contribution in [0.15, 0.2) is 83.3 Å². The van der Waals surface area contributed by atoms with Gasteiger partial charge in [-0.1, -0.05) is 60.7 Å². The lowest BCUT2D eigenvalue weighted by Crippen LogP contribution is -2.63. The van der Waals surface area contributed by atoms with Crippen LogP contribution in [0.5, 0.6) is 0 Å². The van der Waals surface area contributed by atoms with Crippen LogP contribution in [0.3, 0.4) is 0 Å². The van der Waals surface area contributed by atoms with E-state index in [1.165, 1.54) is 0 Å². The molecule has 0 fully saturated rings. The highest BCUT2D eigenvalue weighted by Crippen LogP contribution is 2.31. The first kappa shape index (κ1) is 21.7. The number of furan rings is 1. The van der Waals surface area contributed by atoms with Gasteiger partial charge in [0.2, 0.25) is 5.91 Å². The molecule has 1 atom stereocenters. The predicted molar refractivity (Wildman–Crippen MR) is 128 cm³/mol. The van der Waals surface area contributed by atoms with Crippen LogP contribution < -0.4 is 5.32 Å². The smallest absolute Gasteiger partial charge is 0.273 e. The van der Waals surface area contributed by atoms with E-state index in [0.717, 1.165) is 16.9 Å². The van der Waals surface area contributed by atoms with Gasteiger partial charge in [-0.15, -0.1) is 0 Å². The number of carbonyl (C=O) groups excluding carboxylic acids is 2. The first-order valence-electron chi connectivity index (χ1n) is 11.3. The van der Waals surface area contributed by atoms with Crippen molar-refractivity contribution in [3.63, 3.8) is 0 Å². The predicted octanol–water partition coefficient (Wildman–Crippen LogP) is 4.18. The van der Waals surface area contributed by atoms with Crippen LogP contribution in [0.25, 0.3) is 11.3 Å². The number of aromatic nitrogens is 2. The summed E-state index contributed by atoms with van der Waals surface area (Å²) in [6, 6.07) is 24.9. The van der Waals surface area contributed by atoms with E-state index in [1.54, 1.807) is 22.6 Å². The third-order valence-corrected chi connectivity index (χ3v) is 6.26. The van der Waals surface area contributed by atoms with Gasteiger partial charge in [-0.05, 0) is 37.6 Å². The monoisotopic (exact) mass is 454 g/mol. The first-order valence-corrected chi connectivity index (χ1v) is 11.3. The van der Waals surface area contributed by atoms with Gasteiger partial charge in [0.25, 0.3) is 5.91 Å². The Morgan fingerprint density at radius 1 is 1.06 bits per heavy atom. The van der Waals surface area contributed by atoms with E-state index in [9.17, 15) is 9.59 Å². The summed E-state index contributed by atoms with van der Waals surface area (Å²) in [4.78, 5) is 28.9. The van der Waals surface area contributed by atoms with E-state index in [0.29, 0.717) is 23.7 Å². The molecule has 7 heteroatoms. The summed E-state index contributed by atoms with van der Waals surface area (Å²) in [5.74, 6) is 0.887. The molecule has 1 unspecified atom stereocenters. The fraction of sp³-hybridized carbons (Fsp3) is 0.222. The van der Waals surface area contributed by atoms with Crippen LogP contribution in [0.1, 0.15) is 34.5 Å². The number of carbonyl (C=O) groups is 2. The van der Waals surface area contributed by atoms with E-state index < -0.39 is 5.54 Å². The second-order valence-electron chi connectivity index (χ2n) is 8.78. The molecule has 172 valence electrons. The molecule has 0 saturated carbocycles. The number of benzene rings is 2. The lowest BCUT2D eigenvalue weighted by molar-refractivity contribution is -0.133. The summed E-state index contributed by atoms with van der Waals surface area (Å²) < 4.78 is 7.40. The minimum atomic E-state index is -1.15. The van der Waals surface area contributed by atoms with Crippen LogP contribution >= 0.6 is 0 Å². The summed E-state index contributed by atoms with van der Waals surface area (Å²) >= 11 is 0. The number of hydrogen-bond acceptors (Lipinski definition) is 4. The van der Waals surface area contributed by atoms with Crippen molar-refractivity contribution < 1.29 is 14.0 Å². The van der Waals surface area contributed by atoms with Gasteiger partial charge in [-0.2, -0.15) is 5.10 Å². The quantitative estimate of drug-likeness (QED) is 0.474. The minimum absolute atomic E-state index is 0.188. The molecule has 34 heavy (non-hydrogen) atoms. The summed E-state index contributed by atoms with van der Waals surface area (Å²) in [7, 11) is 0. The van der Waals surface area contributed by atoms with E-state index >= 15 is 0 Å². The van der Waals surface area contributed by atoms with Crippen LogP contribution in [-0.4, -0.2) is 32.0 Å². The molecule has 0 aliphatic carbocycles. The molecule has 1 N–H and O–H groups in total. The topological polar surface area (TPSA) is 80.4 Å². The standard InChI is InChI=1S/C27H26N4O3/c1-19-13-14-22(34-19)17-30-25(32)24-15-23(21-11-7-4-8-12-21)29-31(24)18-27(30,2)26(33)28-16-20-9-5-3-6-10-20/h3-15H,16-18H2,1-2H3,(H,28,33). The Hall–Kier alpha value is -4.13. The van der Waals surface area contributed by atoms with E-state index in [1.807, 2.05) is 79.7 Å². The zero-order valence-corrected chi connectivity index (χ0v) is 19.2. The molecule has 2 aromatic heterocycles. The molecule has 2 amide bonds. The molecule has 0 bridgehead atoms. The van der Waals surface area contributed by atoms with Crippen LogP contribution in [-0.2, 0) is 24.4 Å². The molecule has 0 saturated heterocycles. The van der Waals surface area contributed by atoms with Crippen molar-refractivity contribution in [2.24, 2.45) is 0 Å². The van der Waals surface area contributed by atoms with Gasteiger partial charge in [0, 0.05) is 12.1 Å². The number of aryl methyl sites for hydroxylation is 1.